The number of piperidine rings is 1. The third-order valence-electron chi connectivity index (χ3n) is 5.47. The number of benzene rings is 1. The minimum Gasteiger partial charge on any atom is -0.377 e. The predicted octanol–water partition coefficient (Wildman–Crippen LogP) is 2.35. The second-order valence-corrected chi connectivity index (χ2v) is 8.23. The molecule has 1 aromatic carbocycles. The molecule has 0 aliphatic carbocycles. The molecule has 1 fully saturated rings. The summed E-state index contributed by atoms with van der Waals surface area (Å²) in [6.07, 6.45) is 3.30. The molecule has 0 saturated carbocycles. The third kappa shape index (κ3) is 3.91. The zero-order chi connectivity index (χ0) is 19.0. The van der Waals surface area contributed by atoms with Gasteiger partial charge in [-0.25, -0.2) is 4.98 Å². The number of halogens is 1. The number of aliphatic hydroxyl groups excluding tert-OH is 1. The molecule has 0 spiro atoms. The molecule has 6 nitrogen and oxygen atoms in total. The summed E-state index contributed by atoms with van der Waals surface area (Å²) in [7, 11) is 4.33. The first-order valence-electron chi connectivity index (χ1n) is 9.29. The number of hydrogen-bond donors (Lipinski definition) is 2. The van der Waals surface area contributed by atoms with Crippen molar-refractivity contribution in [1.29, 1.82) is 0 Å². The van der Waals surface area contributed by atoms with E-state index in [1.165, 1.54) is 18.5 Å². The molecule has 3 heterocycles. The molecule has 0 amide bonds. The first-order valence-corrected chi connectivity index (χ1v) is 10.1. The van der Waals surface area contributed by atoms with Crippen LogP contribution in [0.15, 0.2) is 46.1 Å². The maximum Gasteiger partial charge on any atom is 0.239 e. The highest BCUT2D eigenvalue weighted by molar-refractivity contribution is 9.10. The largest absolute Gasteiger partial charge is 0.377 e. The Balaban J connectivity index is 1.46. The fraction of sp³-hybridized carbons (Fsp3) is 0.400. The molecule has 142 valence electrons. The number of aromatic nitrogens is 1. The molecule has 0 bridgehead atoms. The SMILES string of the molecule is CN(C)C1CCN(c2ccc3c(c2)[NH2+]C(C(O)c2ccnc(Br)c2)=N3)CC1. The van der Waals surface area contributed by atoms with Crippen LogP contribution in [0.3, 0.4) is 0 Å². The van der Waals surface area contributed by atoms with Gasteiger partial charge in [0, 0.05) is 37.1 Å². The van der Waals surface area contributed by atoms with Gasteiger partial charge in [0.05, 0.1) is 0 Å². The van der Waals surface area contributed by atoms with Crippen molar-refractivity contribution >= 4 is 38.8 Å². The van der Waals surface area contributed by atoms with E-state index in [4.69, 9.17) is 0 Å². The molecule has 4 rings (SSSR count). The number of anilines is 1. The Morgan fingerprint density at radius 3 is 2.70 bits per heavy atom. The number of nitrogens with two attached hydrogens (primary N) is 1. The summed E-state index contributed by atoms with van der Waals surface area (Å²) >= 11 is 3.35. The van der Waals surface area contributed by atoms with Crippen molar-refractivity contribution in [1.82, 2.24) is 9.88 Å². The molecule has 1 aromatic heterocycles. The van der Waals surface area contributed by atoms with E-state index in [0.29, 0.717) is 16.5 Å². The highest BCUT2D eigenvalue weighted by Crippen LogP contribution is 2.32. The van der Waals surface area contributed by atoms with Crippen LogP contribution < -0.4 is 10.2 Å². The minimum atomic E-state index is -0.754. The highest BCUT2D eigenvalue weighted by Gasteiger charge is 2.29. The average Bonchev–Trinajstić information content (AvgIpc) is 3.10. The summed E-state index contributed by atoms with van der Waals surface area (Å²) in [5.74, 6) is 0.673. The number of fused-ring (bicyclic) bond motifs is 1. The quantitative estimate of drug-likeness (QED) is 0.576. The maximum absolute atomic E-state index is 10.7. The van der Waals surface area contributed by atoms with Gasteiger partial charge in [0.2, 0.25) is 5.84 Å². The van der Waals surface area contributed by atoms with Gasteiger partial charge in [-0.05, 0) is 72.7 Å². The molecule has 1 saturated heterocycles. The van der Waals surface area contributed by atoms with Crippen LogP contribution in [0, 0.1) is 0 Å². The van der Waals surface area contributed by atoms with Crippen molar-refractivity contribution in [3.63, 3.8) is 0 Å². The second-order valence-electron chi connectivity index (χ2n) is 7.42. The lowest BCUT2D eigenvalue weighted by atomic mass is 10.0. The summed E-state index contributed by atoms with van der Waals surface area (Å²) in [6.45, 7) is 2.14. The maximum atomic E-state index is 10.7. The van der Waals surface area contributed by atoms with Crippen molar-refractivity contribution in [2.24, 2.45) is 4.99 Å². The number of pyridine rings is 1. The Hall–Kier alpha value is -1.80. The summed E-state index contributed by atoms with van der Waals surface area (Å²) in [4.78, 5) is 13.5. The number of aliphatic imine (C=N–C) groups is 1. The van der Waals surface area contributed by atoms with E-state index in [1.54, 1.807) is 6.20 Å². The molecule has 1 unspecified atom stereocenters. The number of hydrogen-bond acceptors (Lipinski definition) is 5. The van der Waals surface area contributed by atoms with Crippen molar-refractivity contribution in [3.8, 4) is 0 Å². The lowest BCUT2D eigenvalue weighted by Gasteiger charge is -2.36. The Morgan fingerprint density at radius 1 is 1.22 bits per heavy atom. The topological polar surface area (TPSA) is 68.6 Å². The van der Waals surface area contributed by atoms with Crippen molar-refractivity contribution in [3.05, 3.63) is 46.7 Å². The first-order chi connectivity index (χ1) is 13.0. The van der Waals surface area contributed by atoms with Crippen LogP contribution in [0.4, 0.5) is 17.1 Å². The van der Waals surface area contributed by atoms with Gasteiger partial charge in [0.1, 0.15) is 10.3 Å². The van der Waals surface area contributed by atoms with Gasteiger partial charge >= 0.3 is 0 Å². The first kappa shape index (κ1) is 18.6. The molecular weight excluding hydrogens is 406 g/mol. The molecule has 27 heavy (non-hydrogen) atoms. The van der Waals surface area contributed by atoms with Crippen LogP contribution in [0.5, 0.6) is 0 Å². The summed E-state index contributed by atoms with van der Waals surface area (Å²) < 4.78 is 0.707. The fourth-order valence-electron chi connectivity index (χ4n) is 3.83. The summed E-state index contributed by atoms with van der Waals surface area (Å²) in [5, 5.41) is 12.7. The zero-order valence-corrected chi connectivity index (χ0v) is 17.2. The number of quaternary nitrogens is 1. The van der Waals surface area contributed by atoms with Crippen LogP contribution in [0.2, 0.25) is 0 Å². The lowest BCUT2D eigenvalue weighted by Crippen LogP contribution is -2.81. The van der Waals surface area contributed by atoms with Gasteiger partial charge in [-0.1, -0.05) is 0 Å². The van der Waals surface area contributed by atoms with E-state index in [2.05, 4.69) is 68.0 Å². The van der Waals surface area contributed by atoms with E-state index in [9.17, 15) is 5.11 Å². The van der Waals surface area contributed by atoms with Crippen molar-refractivity contribution in [2.75, 3.05) is 32.1 Å². The number of aliphatic hydroxyl groups is 1. The molecule has 1 atom stereocenters. The third-order valence-corrected chi connectivity index (χ3v) is 5.90. The number of nitrogens with zero attached hydrogens (tertiary/aromatic N) is 4. The molecule has 0 radical (unpaired) electrons. The van der Waals surface area contributed by atoms with Crippen LogP contribution >= 0.6 is 15.9 Å². The van der Waals surface area contributed by atoms with Crippen LogP contribution in [-0.2, 0) is 0 Å². The van der Waals surface area contributed by atoms with Crippen LogP contribution in [-0.4, -0.2) is 54.1 Å². The molecule has 7 heteroatoms. The standard InChI is InChI=1S/C20H24BrN5O/c1-25(2)14-6-9-26(10-7-14)15-3-4-16-17(12-15)24-20(23-16)19(27)13-5-8-22-18(21)11-13/h3-5,8,11-12,14,19,27H,6-7,9-10H2,1-2H3,(H,23,24)/p+1. The van der Waals surface area contributed by atoms with Crippen LogP contribution in [0.25, 0.3) is 0 Å². The molecule has 2 aliphatic heterocycles. The van der Waals surface area contributed by atoms with E-state index in [1.807, 2.05) is 17.4 Å². The van der Waals surface area contributed by atoms with Gasteiger partial charge in [0.15, 0.2) is 11.8 Å². The Labute approximate surface area is 168 Å². The van der Waals surface area contributed by atoms with E-state index in [-0.39, 0.29) is 0 Å². The smallest absolute Gasteiger partial charge is 0.239 e. The molecule has 2 aromatic rings. The average molecular weight is 431 g/mol. The summed E-state index contributed by atoms with van der Waals surface area (Å²) in [5.41, 5.74) is 4.01. The molecular formula is C20H25BrN5O+. The monoisotopic (exact) mass is 430 g/mol. The van der Waals surface area contributed by atoms with Gasteiger partial charge in [0.25, 0.3) is 0 Å². The summed E-state index contributed by atoms with van der Waals surface area (Å²) in [6, 6.07) is 10.7. The van der Waals surface area contributed by atoms with Gasteiger partial charge in [-0.3, -0.25) is 5.32 Å². The van der Waals surface area contributed by atoms with E-state index >= 15 is 0 Å². The van der Waals surface area contributed by atoms with Crippen molar-refractivity contribution < 1.29 is 10.4 Å². The minimum absolute atomic E-state index is 0.673. The molecule has 3 N–H and O–H groups in total. The zero-order valence-electron chi connectivity index (χ0n) is 15.6. The van der Waals surface area contributed by atoms with E-state index in [0.717, 1.165) is 30.0 Å². The van der Waals surface area contributed by atoms with Crippen molar-refractivity contribution in [2.45, 2.75) is 25.0 Å². The normalized spacial score (nSPS) is 18.6. The fourth-order valence-corrected chi connectivity index (χ4v) is 4.21. The highest BCUT2D eigenvalue weighted by atomic mass is 79.9. The Kier molecular flexibility index (Phi) is 5.27. The second kappa shape index (κ2) is 7.67. The predicted molar refractivity (Wildman–Crippen MR) is 111 cm³/mol. The van der Waals surface area contributed by atoms with Gasteiger partial charge < -0.3 is 14.9 Å². The van der Waals surface area contributed by atoms with Gasteiger partial charge in [-0.15, -0.1) is 0 Å². The Morgan fingerprint density at radius 2 is 2.00 bits per heavy atom. The Bertz CT molecular complexity index is 861. The lowest BCUT2D eigenvalue weighted by molar-refractivity contribution is -0.445. The van der Waals surface area contributed by atoms with E-state index < -0.39 is 6.10 Å². The van der Waals surface area contributed by atoms with Gasteiger partial charge in [-0.2, -0.15) is 4.99 Å². The van der Waals surface area contributed by atoms with Crippen LogP contribution in [0.1, 0.15) is 24.5 Å². The number of amidine groups is 1. The molecule has 2 aliphatic rings. The number of rotatable bonds is 4.